The first-order chi connectivity index (χ1) is 15.6. The predicted octanol–water partition coefficient (Wildman–Crippen LogP) is 3.05. The van der Waals surface area contributed by atoms with Gasteiger partial charge in [-0.05, 0) is 42.0 Å². The first kappa shape index (κ1) is 26.1. The number of nitrogens with one attached hydrogen (secondary N) is 1. The van der Waals surface area contributed by atoms with Crippen LogP contribution in [0.25, 0.3) is 0 Å². The van der Waals surface area contributed by atoms with E-state index < -0.39 is 10.1 Å². The zero-order chi connectivity index (χ0) is 24.6. The van der Waals surface area contributed by atoms with Crippen LogP contribution < -0.4 is 14.2 Å². The van der Waals surface area contributed by atoms with E-state index in [4.69, 9.17) is 13.7 Å². The summed E-state index contributed by atoms with van der Waals surface area (Å²) in [6.45, 7) is 6.02. The molecule has 0 aromatic heterocycles. The molecule has 1 N–H and O–H groups in total. The van der Waals surface area contributed by atoms with E-state index in [1.807, 2.05) is 13.8 Å². The number of methoxy groups -OCH3 is 2. The SMILES string of the molecule is COCCN(Cc1ccc(OC)c(OS(=O)(=O)c2ccc(NC(C)=O)cc2)c1)C(=O)C(C)C. The van der Waals surface area contributed by atoms with Crippen molar-refractivity contribution in [2.45, 2.75) is 32.2 Å². The molecule has 0 bridgehead atoms. The lowest BCUT2D eigenvalue weighted by molar-refractivity contribution is -0.135. The molecule has 0 unspecified atom stereocenters. The number of hydrogen-bond donors (Lipinski definition) is 1. The summed E-state index contributed by atoms with van der Waals surface area (Å²) in [5.74, 6) is -0.270. The Kier molecular flexibility index (Phi) is 9.24. The third-order valence-electron chi connectivity index (χ3n) is 4.64. The number of ether oxygens (including phenoxy) is 2. The lowest BCUT2D eigenvalue weighted by atomic mass is 10.1. The van der Waals surface area contributed by atoms with Crippen molar-refractivity contribution in [1.82, 2.24) is 4.90 Å². The highest BCUT2D eigenvalue weighted by molar-refractivity contribution is 7.87. The van der Waals surface area contributed by atoms with Gasteiger partial charge in [-0.1, -0.05) is 19.9 Å². The fourth-order valence-electron chi connectivity index (χ4n) is 3.01. The van der Waals surface area contributed by atoms with Crippen molar-refractivity contribution in [2.24, 2.45) is 5.92 Å². The molecule has 0 heterocycles. The van der Waals surface area contributed by atoms with Gasteiger partial charge in [-0.25, -0.2) is 0 Å². The van der Waals surface area contributed by atoms with E-state index in [0.717, 1.165) is 0 Å². The third-order valence-corrected chi connectivity index (χ3v) is 5.88. The van der Waals surface area contributed by atoms with E-state index in [9.17, 15) is 18.0 Å². The molecule has 0 saturated heterocycles. The van der Waals surface area contributed by atoms with Crippen LogP contribution in [0.2, 0.25) is 0 Å². The van der Waals surface area contributed by atoms with E-state index in [1.165, 1.54) is 44.4 Å². The molecule has 9 nitrogen and oxygen atoms in total. The van der Waals surface area contributed by atoms with Crippen LogP contribution in [0.4, 0.5) is 5.69 Å². The van der Waals surface area contributed by atoms with Crippen molar-refractivity contribution >= 4 is 27.6 Å². The lowest BCUT2D eigenvalue weighted by Crippen LogP contribution is -2.36. The van der Waals surface area contributed by atoms with Gasteiger partial charge in [0.2, 0.25) is 11.8 Å². The maximum absolute atomic E-state index is 12.8. The molecule has 10 heteroatoms. The third kappa shape index (κ3) is 7.47. The summed E-state index contributed by atoms with van der Waals surface area (Å²) in [4.78, 5) is 25.3. The van der Waals surface area contributed by atoms with Crippen LogP contribution in [-0.4, -0.2) is 52.5 Å². The second kappa shape index (κ2) is 11.7. The largest absolute Gasteiger partial charge is 0.493 e. The summed E-state index contributed by atoms with van der Waals surface area (Å²) in [6, 6.07) is 10.5. The molecule has 2 aromatic carbocycles. The van der Waals surface area contributed by atoms with Crippen molar-refractivity contribution in [2.75, 3.05) is 32.7 Å². The van der Waals surface area contributed by atoms with Crippen LogP contribution in [0, 0.1) is 5.92 Å². The smallest absolute Gasteiger partial charge is 0.339 e. The van der Waals surface area contributed by atoms with E-state index in [0.29, 0.717) is 24.4 Å². The Morgan fingerprint density at radius 1 is 1.03 bits per heavy atom. The van der Waals surface area contributed by atoms with Crippen molar-refractivity contribution in [3.63, 3.8) is 0 Å². The zero-order valence-electron chi connectivity index (χ0n) is 19.5. The lowest BCUT2D eigenvalue weighted by Gasteiger charge is -2.25. The van der Waals surface area contributed by atoms with Gasteiger partial charge in [0.1, 0.15) is 4.90 Å². The number of carbonyl (C=O) groups excluding carboxylic acids is 2. The predicted molar refractivity (Wildman–Crippen MR) is 124 cm³/mol. The average molecular weight is 479 g/mol. The number of hydrogen-bond acceptors (Lipinski definition) is 7. The fraction of sp³-hybridized carbons (Fsp3) is 0.391. The quantitative estimate of drug-likeness (QED) is 0.494. The summed E-state index contributed by atoms with van der Waals surface area (Å²) in [5, 5.41) is 2.57. The molecule has 0 fully saturated rings. The minimum Gasteiger partial charge on any atom is -0.493 e. The molecular formula is C23H30N2O7S. The summed E-state index contributed by atoms with van der Waals surface area (Å²) in [7, 11) is -1.21. The topological polar surface area (TPSA) is 111 Å². The van der Waals surface area contributed by atoms with Crippen LogP contribution in [0.1, 0.15) is 26.3 Å². The van der Waals surface area contributed by atoms with Crippen molar-refractivity contribution in [3.8, 4) is 11.5 Å². The first-order valence-corrected chi connectivity index (χ1v) is 11.7. The van der Waals surface area contributed by atoms with Crippen LogP contribution >= 0.6 is 0 Å². The molecule has 0 radical (unpaired) electrons. The zero-order valence-corrected chi connectivity index (χ0v) is 20.3. The van der Waals surface area contributed by atoms with Gasteiger partial charge in [-0.15, -0.1) is 0 Å². The summed E-state index contributed by atoms with van der Waals surface area (Å²) in [6.07, 6.45) is 0. The average Bonchev–Trinajstić information content (AvgIpc) is 2.76. The molecule has 0 atom stereocenters. The monoisotopic (exact) mass is 478 g/mol. The fourth-order valence-corrected chi connectivity index (χ4v) is 3.95. The summed E-state index contributed by atoms with van der Waals surface area (Å²) < 4.78 is 41.4. The Labute approximate surface area is 194 Å². The maximum Gasteiger partial charge on any atom is 0.339 e. The Morgan fingerprint density at radius 3 is 2.24 bits per heavy atom. The standard InChI is InChI=1S/C23H30N2O7S/c1-16(2)23(27)25(12-13-30-4)15-18-6-11-21(31-5)22(14-18)32-33(28,29)20-9-7-19(8-10-20)24-17(3)26/h6-11,14,16H,12-13,15H2,1-5H3,(H,24,26). The summed E-state index contributed by atoms with van der Waals surface area (Å²) >= 11 is 0. The van der Waals surface area contributed by atoms with Gasteiger partial charge >= 0.3 is 10.1 Å². The number of nitrogens with zero attached hydrogens (tertiary/aromatic N) is 1. The van der Waals surface area contributed by atoms with Gasteiger partial charge < -0.3 is 23.9 Å². The summed E-state index contributed by atoms with van der Waals surface area (Å²) in [5.41, 5.74) is 1.14. The van der Waals surface area contributed by atoms with Crippen molar-refractivity contribution < 1.29 is 31.7 Å². The molecule has 0 spiro atoms. The second-order valence-electron chi connectivity index (χ2n) is 7.64. The Balaban J connectivity index is 2.29. The van der Waals surface area contributed by atoms with Crippen LogP contribution in [0.15, 0.2) is 47.4 Å². The van der Waals surface area contributed by atoms with E-state index in [1.54, 1.807) is 24.1 Å². The molecule has 2 rings (SSSR count). The Hall–Kier alpha value is -3.11. The molecule has 0 aliphatic carbocycles. The number of benzene rings is 2. The molecule has 2 aromatic rings. The second-order valence-corrected chi connectivity index (χ2v) is 9.18. The molecular weight excluding hydrogens is 448 g/mol. The van der Waals surface area contributed by atoms with Gasteiger partial charge in [-0.3, -0.25) is 9.59 Å². The minimum atomic E-state index is -4.17. The van der Waals surface area contributed by atoms with E-state index in [2.05, 4.69) is 5.32 Å². The highest BCUT2D eigenvalue weighted by Gasteiger charge is 2.22. The van der Waals surface area contributed by atoms with Crippen molar-refractivity contribution in [1.29, 1.82) is 0 Å². The highest BCUT2D eigenvalue weighted by atomic mass is 32.2. The van der Waals surface area contributed by atoms with Gasteiger partial charge in [-0.2, -0.15) is 8.42 Å². The number of rotatable bonds is 11. The van der Waals surface area contributed by atoms with E-state index >= 15 is 0 Å². The molecule has 0 aliphatic rings. The molecule has 180 valence electrons. The minimum absolute atomic E-state index is 0.00428. The number of carbonyl (C=O) groups is 2. The van der Waals surface area contributed by atoms with Gasteiger partial charge in [0.25, 0.3) is 0 Å². The molecule has 2 amide bonds. The van der Waals surface area contributed by atoms with Gasteiger partial charge in [0.15, 0.2) is 11.5 Å². The molecule has 0 aliphatic heterocycles. The van der Waals surface area contributed by atoms with E-state index in [-0.39, 0.29) is 40.7 Å². The van der Waals surface area contributed by atoms with Gasteiger partial charge in [0.05, 0.1) is 13.7 Å². The van der Waals surface area contributed by atoms with Crippen LogP contribution in [0.3, 0.4) is 0 Å². The first-order valence-electron chi connectivity index (χ1n) is 10.3. The normalized spacial score (nSPS) is 11.2. The number of amides is 2. The number of anilines is 1. The molecule has 33 heavy (non-hydrogen) atoms. The van der Waals surface area contributed by atoms with Crippen LogP contribution in [0.5, 0.6) is 11.5 Å². The Bertz CT molecular complexity index is 1070. The van der Waals surface area contributed by atoms with Gasteiger partial charge in [0, 0.05) is 38.7 Å². The molecule has 0 saturated carbocycles. The van der Waals surface area contributed by atoms with Crippen molar-refractivity contribution in [3.05, 3.63) is 48.0 Å². The Morgan fingerprint density at radius 2 is 1.70 bits per heavy atom. The maximum atomic E-state index is 12.8. The highest BCUT2D eigenvalue weighted by Crippen LogP contribution is 2.31. The van der Waals surface area contributed by atoms with Crippen LogP contribution in [-0.2, 0) is 31.0 Å².